The summed E-state index contributed by atoms with van der Waals surface area (Å²) in [4.78, 5) is 21.2. The molecule has 0 aliphatic heterocycles. The van der Waals surface area contributed by atoms with Gasteiger partial charge in [0, 0.05) is 5.92 Å². The van der Waals surface area contributed by atoms with E-state index in [1.165, 1.54) is 6.08 Å². The molecule has 0 amide bonds. The lowest BCUT2D eigenvalue weighted by molar-refractivity contribution is -0.138. The van der Waals surface area contributed by atoms with Crippen LogP contribution in [0.2, 0.25) is 0 Å². The van der Waals surface area contributed by atoms with E-state index in [0.717, 1.165) is 0 Å². The van der Waals surface area contributed by atoms with Crippen LogP contribution >= 0.6 is 0 Å². The third kappa shape index (κ3) is 3.92. The van der Waals surface area contributed by atoms with Crippen LogP contribution in [-0.4, -0.2) is 22.2 Å². The van der Waals surface area contributed by atoms with E-state index >= 15 is 0 Å². The van der Waals surface area contributed by atoms with E-state index in [1.54, 1.807) is 13.8 Å². The molecule has 0 radical (unpaired) electrons. The molecule has 1 atom stereocenters. The summed E-state index contributed by atoms with van der Waals surface area (Å²) < 4.78 is 0. The standard InChI is InChI=1S/C10H14O4/c1-3-5-8(10(13)14)7(4-2)6-9(11)12/h3,7H,4,6H2,1-2H3,(H,11,12)(H,13,14). The predicted molar refractivity (Wildman–Crippen MR) is 50.9 cm³/mol. The van der Waals surface area contributed by atoms with Crippen LogP contribution in [0.15, 0.2) is 17.4 Å². The van der Waals surface area contributed by atoms with Crippen molar-refractivity contribution >= 4 is 11.9 Å². The number of hydrogen-bond donors (Lipinski definition) is 2. The summed E-state index contributed by atoms with van der Waals surface area (Å²) in [6.07, 6.45) is 1.79. The minimum Gasteiger partial charge on any atom is -0.481 e. The zero-order valence-electron chi connectivity index (χ0n) is 8.28. The fraction of sp³-hybridized carbons (Fsp3) is 0.500. The highest BCUT2D eigenvalue weighted by molar-refractivity contribution is 5.87. The average Bonchev–Trinajstić information content (AvgIpc) is 2.10. The molecule has 0 aromatic heterocycles. The number of carbonyl (C=O) groups is 2. The van der Waals surface area contributed by atoms with Crippen LogP contribution in [0.25, 0.3) is 0 Å². The molecule has 2 N–H and O–H groups in total. The van der Waals surface area contributed by atoms with Gasteiger partial charge < -0.3 is 10.2 Å². The molecular formula is C10H14O4. The van der Waals surface area contributed by atoms with Crippen LogP contribution in [0.5, 0.6) is 0 Å². The zero-order chi connectivity index (χ0) is 11.1. The third-order valence-corrected chi connectivity index (χ3v) is 1.85. The Morgan fingerprint density at radius 2 is 2.00 bits per heavy atom. The maximum Gasteiger partial charge on any atom is 0.339 e. The normalized spacial score (nSPS) is 11.3. The second-order valence-electron chi connectivity index (χ2n) is 2.85. The molecule has 0 saturated heterocycles. The number of carboxylic acids is 2. The molecule has 14 heavy (non-hydrogen) atoms. The number of rotatable bonds is 5. The van der Waals surface area contributed by atoms with E-state index in [1.807, 2.05) is 0 Å². The Morgan fingerprint density at radius 1 is 1.43 bits per heavy atom. The van der Waals surface area contributed by atoms with Crippen LogP contribution < -0.4 is 0 Å². The van der Waals surface area contributed by atoms with Crippen molar-refractivity contribution in [2.24, 2.45) is 5.92 Å². The minimum absolute atomic E-state index is 0.0393. The fourth-order valence-electron chi connectivity index (χ4n) is 1.17. The second-order valence-corrected chi connectivity index (χ2v) is 2.85. The Labute approximate surface area is 82.6 Å². The Morgan fingerprint density at radius 3 is 2.29 bits per heavy atom. The minimum atomic E-state index is -1.10. The molecule has 0 aromatic carbocycles. The van der Waals surface area contributed by atoms with Gasteiger partial charge in [-0.15, -0.1) is 5.73 Å². The molecule has 0 fully saturated rings. The monoisotopic (exact) mass is 198 g/mol. The molecule has 78 valence electrons. The van der Waals surface area contributed by atoms with Gasteiger partial charge in [0.05, 0.1) is 12.0 Å². The lowest BCUT2D eigenvalue weighted by Crippen LogP contribution is -2.15. The van der Waals surface area contributed by atoms with E-state index in [9.17, 15) is 9.59 Å². The second kappa shape index (κ2) is 6.00. The van der Waals surface area contributed by atoms with Crippen LogP contribution in [0.3, 0.4) is 0 Å². The van der Waals surface area contributed by atoms with Gasteiger partial charge in [-0.3, -0.25) is 4.79 Å². The fourth-order valence-corrected chi connectivity index (χ4v) is 1.17. The quantitative estimate of drug-likeness (QED) is 0.520. The van der Waals surface area contributed by atoms with Crippen molar-refractivity contribution < 1.29 is 19.8 Å². The molecule has 0 spiro atoms. The summed E-state index contributed by atoms with van der Waals surface area (Å²) in [5.74, 6) is -2.56. The summed E-state index contributed by atoms with van der Waals surface area (Å²) >= 11 is 0. The maximum absolute atomic E-state index is 10.8. The first-order valence-corrected chi connectivity index (χ1v) is 4.39. The van der Waals surface area contributed by atoms with Gasteiger partial charge in [-0.2, -0.15) is 0 Å². The maximum atomic E-state index is 10.8. The Hall–Kier alpha value is -1.54. The van der Waals surface area contributed by atoms with E-state index in [2.05, 4.69) is 5.73 Å². The smallest absolute Gasteiger partial charge is 0.339 e. The van der Waals surface area contributed by atoms with E-state index in [4.69, 9.17) is 10.2 Å². The highest BCUT2D eigenvalue weighted by atomic mass is 16.4. The summed E-state index contributed by atoms with van der Waals surface area (Å²) in [6, 6.07) is 0. The summed E-state index contributed by atoms with van der Waals surface area (Å²) in [6.45, 7) is 3.41. The van der Waals surface area contributed by atoms with Gasteiger partial charge in [0.25, 0.3) is 0 Å². The average molecular weight is 198 g/mol. The first kappa shape index (κ1) is 12.5. The molecular weight excluding hydrogens is 184 g/mol. The summed E-state index contributed by atoms with van der Waals surface area (Å²) in [5, 5.41) is 17.4. The van der Waals surface area contributed by atoms with Crippen LogP contribution in [-0.2, 0) is 9.59 Å². The Balaban J connectivity index is 4.87. The number of carboxylic acid groups (broad SMARTS) is 2. The van der Waals surface area contributed by atoms with Crippen molar-refractivity contribution in [1.82, 2.24) is 0 Å². The topological polar surface area (TPSA) is 74.6 Å². The highest BCUT2D eigenvalue weighted by Crippen LogP contribution is 2.18. The van der Waals surface area contributed by atoms with Crippen molar-refractivity contribution in [3.05, 3.63) is 17.4 Å². The third-order valence-electron chi connectivity index (χ3n) is 1.85. The molecule has 4 nitrogen and oxygen atoms in total. The largest absolute Gasteiger partial charge is 0.481 e. The molecule has 0 aliphatic carbocycles. The molecule has 0 aromatic rings. The van der Waals surface area contributed by atoms with Crippen molar-refractivity contribution in [1.29, 1.82) is 0 Å². The van der Waals surface area contributed by atoms with Gasteiger partial charge in [0.1, 0.15) is 0 Å². The number of aliphatic carboxylic acids is 2. The Bertz CT molecular complexity index is 284. The molecule has 0 saturated carbocycles. The lowest BCUT2D eigenvalue weighted by atomic mass is 9.93. The van der Waals surface area contributed by atoms with Gasteiger partial charge in [-0.1, -0.05) is 6.92 Å². The van der Waals surface area contributed by atoms with Crippen molar-refractivity contribution in [3.8, 4) is 0 Å². The van der Waals surface area contributed by atoms with Gasteiger partial charge in [0.15, 0.2) is 0 Å². The van der Waals surface area contributed by atoms with E-state index in [-0.39, 0.29) is 12.0 Å². The highest BCUT2D eigenvalue weighted by Gasteiger charge is 2.21. The van der Waals surface area contributed by atoms with Gasteiger partial charge in [-0.25, -0.2) is 4.79 Å². The van der Waals surface area contributed by atoms with Gasteiger partial charge in [-0.05, 0) is 19.4 Å². The van der Waals surface area contributed by atoms with Crippen LogP contribution in [0, 0.1) is 5.92 Å². The van der Waals surface area contributed by atoms with Crippen molar-refractivity contribution in [2.75, 3.05) is 0 Å². The van der Waals surface area contributed by atoms with E-state index < -0.39 is 17.9 Å². The van der Waals surface area contributed by atoms with Gasteiger partial charge >= 0.3 is 11.9 Å². The van der Waals surface area contributed by atoms with E-state index in [0.29, 0.717) is 6.42 Å². The molecule has 0 rings (SSSR count). The first-order chi connectivity index (χ1) is 6.52. The van der Waals surface area contributed by atoms with Crippen LogP contribution in [0.1, 0.15) is 26.7 Å². The first-order valence-electron chi connectivity index (χ1n) is 4.39. The molecule has 1 unspecified atom stereocenters. The van der Waals surface area contributed by atoms with Crippen LogP contribution in [0.4, 0.5) is 0 Å². The predicted octanol–water partition coefficient (Wildman–Crippen LogP) is 1.67. The molecule has 0 aliphatic rings. The number of hydrogen-bond acceptors (Lipinski definition) is 2. The van der Waals surface area contributed by atoms with Gasteiger partial charge in [0.2, 0.25) is 0 Å². The molecule has 0 heterocycles. The summed E-state index contributed by atoms with van der Waals surface area (Å²) in [5.41, 5.74) is 2.61. The lowest BCUT2D eigenvalue weighted by Gasteiger charge is -2.10. The SMILES string of the molecule is CC=C=C(C(=O)O)C(CC)CC(=O)O. The van der Waals surface area contributed by atoms with Crippen molar-refractivity contribution in [2.45, 2.75) is 26.7 Å². The zero-order valence-corrected chi connectivity index (χ0v) is 8.28. The molecule has 0 bridgehead atoms. The Kier molecular flexibility index (Phi) is 5.34. The summed E-state index contributed by atoms with van der Waals surface area (Å²) in [7, 11) is 0. The molecule has 4 heteroatoms. The van der Waals surface area contributed by atoms with Crippen molar-refractivity contribution in [3.63, 3.8) is 0 Å².